The minimum Gasteiger partial charge on any atom is -0.393 e. The number of rotatable bonds is 2. The molecule has 0 aliphatic carbocycles. The normalized spacial score (nSPS) is 21.3. The number of amides is 1. The Balaban J connectivity index is 2.70. The summed E-state index contributed by atoms with van der Waals surface area (Å²) in [6.07, 6.45) is 0. The van der Waals surface area contributed by atoms with Gasteiger partial charge in [0, 0.05) is 11.6 Å². The number of nitro groups is 1. The molecule has 1 aromatic carbocycles. The summed E-state index contributed by atoms with van der Waals surface area (Å²) < 4.78 is 0. The quantitative estimate of drug-likeness (QED) is 0.351. The van der Waals surface area contributed by atoms with E-state index in [1.165, 1.54) is 26.0 Å². The van der Waals surface area contributed by atoms with Crippen molar-refractivity contribution in [2.24, 2.45) is 0 Å². The van der Waals surface area contributed by atoms with Gasteiger partial charge in [0.05, 0.1) is 10.6 Å². The molecule has 0 radical (unpaired) electrons. The van der Waals surface area contributed by atoms with E-state index in [0.29, 0.717) is 5.56 Å². The molecule has 7 nitrogen and oxygen atoms in total. The van der Waals surface area contributed by atoms with Crippen molar-refractivity contribution in [1.29, 1.82) is 0 Å². The molecule has 0 aromatic heterocycles. The highest BCUT2D eigenvalue weighted by molar-refractivity contribution is 6.20. The summed E-state index contributed by atoms with van der Waals surface area (Å²) in [6, 6.07) is 2.49. The maximum absolute atomic E-state index is 11.8. The Hall–Kier alpha value is -2.44. The van der Waals surface area contributed by atoms with Crippen LogP contribution in [-0.2, 0) is 15.0 Å². The fraction of sp³-hybridized carbons (Fsp3) is 0.273. The lowest BCUT2D eigenvalue weighted by Crippen LogP contribution is -2.37. The fourth-order valence-electron chi connectivity index (χ4n) is 2.00. The number of carbonyl (C=O) groups is 2. The average molecular weight is 249 g/mol. The Morgan fingerprint density at radius 2 is 2.11 bits per heavy atom. The van der Waals surface area contributed by atoms with Crippen LogP contribution in [0.5, 0.6) is 0 Å². The molecule has 1 unspecified atom stereocenters. The smallest absolute Gasteiger partial charge is 0.294 e. The van der Waals surface area contributed by atoms with E-state index in [2.05, 4.69) is 5.32 Å². The van der Waals surface area contributed by atoms with E-state index < -0.39 is 16.2 Å². The predicted molar refractivity (Wildman–Crippen MR) is 64.2 cm³/mol. The van der Waals surface area contributed by atoms with Crippen LogP contribution in [-0.4, -0.2) is 16.6 Å². The first kappa shape index (κ1) is 12.0. The third-order valence-corrected chi connectivity index (χ3v) is 3.31. The molecule has 7 heteroatoms. The Morgan fingerprint density at radius 3 is 2.61 bits per heavy atom. The molecule has 1 aromatic rings. The van der Waals surface area contributed by atoms with Crippen LogP contribution in [0.3, 0.4) is 0 Å². The average Bonchev–Trinajstić information content (AvgIpc) is 2.52. The number of ketones is 1. The summed E-state index contributed by atoms with van der Waals surface area (Å²) in [5, 5.41) is 13.2. The van der Waals surface area contributed by atoms with E-state index in [1.807, 2.05) is 0 Å². The monoisotopic (exact) mass is 249 g/mol. The van der Waals surface area contributed by atoms with Crippen molar-refractivity contribution in [3.8, 4) is 0 Å². The summed E-state index contributed by atoms with van der Waals surface area (Å²) in [5.41, 5.74) is 4.52. The van der Waals surface area contributed by atoms with Gasteiger partial charge in [0.15, 0.2) is 0 Å². The number of carbonyl (C=O) groups excluding carboxylic acids is 2. The Morgan fingerprint density at radius 1 is 1.50 bits per heavy atom. The molecule has 1 aliphatic rings. The van der Waals surface area contributed by atoms with Gasteiger partial charge in [-0.1, -0.05) is 0 Å². The summed E-state index contributed by atoms with van der Waals surface area (Å²) in [7, 11) is 0. The number of anilines is 2. The number of hydrogen-bond acceptors (Lipinski definition) is 5. The second kappa shape index (κ2) is 3.52. The van der Waals surface area contributed by atoms with Gasteiger partial charge in [0.2, 0.25) is 5.91 Å². The molecule has 1 heterocycles. The molecule has 1 aliphatic heterocycles. The van der Waals surface area contributed by atoms with Crippen molar-refractivity contribution in [3.05, 3.63) is 27.8 Å². The zero-order chi connectivity index (χ0) is 13.7. The van der Waals surface area contributed by atoms with E-state index in [0.717, 1.165) is 0 Å². The van der Waals surface area contributed by atoms with Gasteiger partial charge in [-0.3, -0.25) is 19.7 Å². The van der Waals surface area contributed by atoms with Gasteiger partial charge < -0.3 is 11.1 Å². The van der Waals surface area contributed by atoms with Crippen LogP contribution in [0.15, 0.2) is 12.1 Å². The van der Waals surface area contributed by atoms with Crippen molar-refractivity contribution in [3.63, 3.8) is 0 Å². The van der Waals surface area contributed by atoms with Crippen LogP contribution < -0.4 is 11.1 Å². The molecule has 3 N–H and O–H groups in total. The number of nitrogen functional groups attached to an aromatic ring is 1. The van der Waals surface area contributed by atoms with Crippen LogP contribution in [0.2, 0.25) is 0 Å². The molecular weight excluding hydrogens is 238 g/mol. The molecule has 0 fully saturated rings. The van der Waals surface area contributed by atoms with Crippen LogP contribution in [0.1, 0.15) is 19.4 Å². The van der Waals surface area contributed by atoms with Crippen LogP contribution in [0.4, 0.5) is 17.1 Å². The van der Waals surface area contributed by atoms with Crippen molar-refractivity contribution in [2.75, 3.05) is 11.1 Å². The predicted octanol–water partition coefficient (Wildman–Crippen LogP) is 0.976. The molecule has 2 rings (SSSR count). The van der Waals surface area contributed by atoms with Gasteiger partial charge in [0.25, 0.3) is 5.69 Å². The second-order valence-corrected chi connectivity index (χ2v) is 4.35. The number of fused-ring (bicyclic) bond motifs is 1. The largest absolute Gasteiger partial charge is 0.393 e. The standard InChI is InChI=1S/C11H11N3O4/c1-5(15)11(2)6-3-7(12)9(14(17)18)4-8(6)13-10(11)16/h3-4H,12H2,1-2H3,(H,13,16). The second-order valence-electron chi connectivity index (χ2n) is 4.35. The Bertz CT molecular complexity index is 596. The Kier molecular flexibility index (Phi) is 2.36. The summed E-state index contributed by atoms with van der Waals surface area (Å²) >= 11 is 0. The third-order valence-electron chi connectivity index (χ3n) is 3.31. The lowest BCUT2D eigenvalue weighted by Gasteiger charge is -2.18. The number of nitrogens with two attached hydrogens (primary N) is 1. The van der Waals surface area contributed by atoms with E-state index in [4.69, 9.17) is 5.73 Å². The van der Waals surface area contributed by atoms with Gasteiger partial charge in [-0.15, -0.1) is 0 Å². The number of hydrogen-bond donors (Lipinski definition) is 2. The molecule has 94 valence electrons. The minimum absolute atomic E-state index is 0.0669. The lowest BCUT2D eigenvalue weighted by atomic mass is 9.80. The summed E-state index contributed by atoms with van der Waals surface area (Å²) in [6.45, 7) is 2.77. The summed E-state index contributed by atoms with van der Waals surface area (Å²) in [5.74, 6) is -0.836. The van der Waals surface area contributed by atoms with Crippen molar-refractivity contribution < 1.29 is 14.5 Å². The van der Waals surface area contributed by atoms with Crippen molar-refractivity contribution in [2.45, 2.75) is 19.3 Å². The maximum atomic E-state index is 11.8. The van der Waals surface area contributed by atoms with E-state index in [1.54, 1.807) is 0 Å². The van der Waals surface area contributed by atoms with Crippen molar-refractivity contribution in [1.82, 2.24) is 0 Å². The first-order valence-electron chi connectivity index (χ1n) is 5.19. The SMILES string of the molecule is CC(=O)C1(C)C(=O)Nc2cc([N+](=O)[O-])c(N)cc21. The molecule has 18 heavy (non-hydrogen) atoms. The fourth-order valence-corrected chi connectivity index (χ4v) is 2.00. The van der Waals surface area contributed by atoms with E-state index in [-0.39, 0.29) is 22.8 Å². The molecule has 0 bridgehead atoms. The first-order chi connectivity index (χ1) is 8.28. The lowest BCUT2D eigenvalue weighted by molar-refractivity contribution is -0.383. The van der Waals surface area contributed by atoms with Crippen LogP contribution in [0, 0.1) is 10.1 Å². The minimum atomic E-state index is -1.33. The molecule has 0 saturated heterocycles. The highest BCUT2D eigenvalue weighted by Gasteiger charge is 2.47. The highest BCUT2D eigenvalue weighted by atomic mass is 16.6. The first-order valence-corrected chi connectivity index (χ1v) is 5.19. The zero-order valence-electron chi connectivity index (χ0n) is 9.81. The molecule has 0 saturated carbocycles. The molecule has 1 atom stereocenters. The number of Topliss-reactive ketones (excluding diaryl/α,β-unsaturated/α-hetero) is 1. The topological polar surface area (TPSA) is 115 Å². The van der Waals surface area contributed by atoms with Gasteiger partial charge in [-0.05, 0) is 19.9 Å². The molecule has 1 amide bonds. The van der Waals surface area contributed by atoms with Crippen LogP contribution >= 0.6 is 0 Å². The third kappa shape index (κ3) is 1.37. The van der Waals surface area contributed by atoms with Gasteiger partial charge >= 0.3 is 0 Å². The number of nitrogens with one attached hydrogen (secondary N) is 1. The van der Waals surface area contributed by atoms with E-state index in [9.17, 15) is 19.7 Å². The number of benzene rings is 1. The van der Waals surface area contributed by atoms with E-state index >= 15 is 0 Å². The van der Waals surface area contributed by atoms with Gasteiger partial charge in [-0.2, -0.15) is 0 Å². The number of nitrogens with zero attached hydrogens (tertiary/aromatic N) is 1. The molecule has 0 spiro atoms. The molecular formula is C11H11N3O4. The zero-order valence-corrected chi connectivity index (χ0v) is 9.81. The Labute approximate surface area is 102 Å². The number of nitro benzene ring substituents is 1. The summed E-state index contributed by atoms with van der Waals surface area (Å²) in [4.78, 5) is 33.6. The maximum Gasteiger partial charge on any atom is 0.294 e. The van der Waals surface area contributed by atoms with Gasteiger partial charge in [-0.25, -0.2) is 0 Å². The van der Waals surface area contributed by atoms with Gasteiger partial charge in [0.1, 0.15) is 16.9 Å². The van der Waals surface area contributed by atoms with Crippen molar-refractivity contribution >= 4 is 28.8 Å². The van der Waals surface area contributed by atoms with Crippen LogP contribution in [0.25, 0.3) is 0 Å². The highest BCUT2D eigenvalue weighted by Crippen LogP contribution is 2.42.